The van der Waals surface area contributed by atoms with Crippen LogP contribution in [-0.2, 0) is 34.0 Å². The summed E-state index contributed by atoms with van der Waals surface area (Å²) in [4.78, 5) is 15.4. The van der Waals surface area contributed by atoms with Crippen LogP contribution in [0.4, 0.5) is 5.82 Å². The summed E-state index contributed by atoms with van der Waals surface area (Å²) in [5.74, 6) is -0.258. The molecule has 10 nitrogen and oxygen atoms in total. The Bertz CT molecular complexity index is 781. The van der Waals surface area contributed by atoms with Gasteiger partial charge >= 0.3 is 13.3 Å². The monoisotopic (exact) mass is 453 g/mol. The maximum Gasteiger partial charge on any atom is 0.349 e. The molecule has 0 spiro atoms. The summed E-state index contributed by atoms with van der Waals surface area (Å²) in [6.07, 6.45) is 0.0879. The Morgan fingerprint density at radius 1 is 1.03 bits per heavy atom. The third-order valence-electron chi connectivity index (χ3n) is 3.19. The minimum atomic E-state index is -3.68. The Balaban J connectivity index is 2.83. The van der Waals surface area contributed by atoms with Crippen molar-refractivity contribution in [2.24, 2.45) is 0 Å². The molecule has 1 unspecified atom stereocenters. The van der Waals surface area contributed by atoms with E-state index in [1.807, 2.05) is 0 Å². The molecule has 0 aliphatic heterocycles. The van der Waals surface area contributed by atoms with Crippen molar-refractivity contribution in [1.29, 1.82) is 0 Å². The summed E-state index contributed by atoms with van der Waals surface area (Å²) >= 11 is 0. The molecule has 12 heteroatoms. The fourth-order valence-electron chi connectivity index (χ4n) is 2.47. The van der Waals surface area contributed by atoms with Crippen LogP contribution in [0, 0.1) is 0 Å². The van der Waals surface area contributed by atoms with Gasteiger partial charge in [-0.3, -0.25) is 13.7 Å². The molecule has 1 atom stereocenters. The largest absolute Gasteiger partial charge is 0.383 e. The van der Waals surface area contributed by atoms with Crippen molar-refractivity contribution >= 4 is 20.8 Å². The molecule has 168 valence electrons. The minimum absolute atomic E-state index is 0.0807. The van der Waals surface area contributed by atoms with E-state index in [1.165, 1.54) is 16.8 Å². The van der Waals surface area contributed by atoms with Gasteiger partial charge in [0.25, 0.3) is 0 Å². The molecule has 0 amide bonds. The van der Waals surface area contributed by atoms with Gasteiger partial charge in [0.15, 0.2) is 0 Å². The van der Waals surface area contributed by atoms with Gasteiger partial charge in [-0.25, -0.2) is 4.79 Å². The Morgan fingerprint density at radius 2 is 1.59 bits per heavy atom. The molecule has 0 aliphatic rings. The quantitative estimate of drug-likeness (QED) is 0.352. The highest BCUT2D eigenvalue weighted by molar-refractivity contribution is 7.73. The van der Waals surface area contributed by atoms with Crippen molar-refractivity contribution in [3.8, 4) is 0 Å². The van der Waals surface area contributed by atoms with E-state index < -0.39 is 26.6 Å². The van der Waals surface area contributed by atoms with Gasteiger partial charge < -0.3 is 24.0 Å². The van der Waals surface area contributed by atoms with Crippen molar-refractivity contribution < 1.29 is 27.4 Å². The van der Waals surface area contributed by atoms with Gasteiger partial charge in [-0.15, -0.1) is 0 Å². The van der Waals surface area contributed by atoms with E-state index in [2.05, 4.69) is 4.98 Å². The van der Waals surface area contributed by atoms with E-state index in [9.17, 15) is 13.9 Å². The number of ether oxygens (including phenoxy) is 1. The maximum atomic E-state index is 13.3. The second-order valence-corrected chi connectivity index (χ2v) is 12.3. The summed E-state index contributed by atoms with van der Waals surface area (Å²) in [5.41, 5.74) is 4.95. The molecule has 0 aromatic carbocycles. The SMILES string of the molecule is CC(C)OP(=O)(COCCn1ccc(N)nc1=O)CP(=O)(OC(C)C)OC(C)C. The maximum absolute atomic E-state index is 13.3. The predicted octanol–water partition coefficient (Wildman–Crippen LogP) is 3.50. The molecule has 1 aromatic rings. The van der Waals surface area contributed by atoms with Gasteiger partial charge in [-0.2, -0.15) is 4.98 Å². The van der Waals surface area contributed by atoms with Crippen LogP contribution >= 0.6 is 15.0 Å². The second kappa shape index (κ2) is 11.4. The fourth-order valence-corrected chi connectivity index (χ4v) is 8.27. The first-order chi connectivity index (χ1) is 13.3. The lowest BCUT2D eigenvalue weighted by Gasteiger charge is -2.27. The first-order valence-corrected chi connectivity index (χ1v) is 13.2. The number of anilines is 1. The molecule has 29 heavy (non-hydrogen) atoms. The highest BCUT2D eigenvalue weighted by Crippen LogP contribution is 2.64. The Hall–Kier alpha value is -1.02. The van der Waals surface area contributed by atoms with Crippen LogP contribution in [0.25, 0.3) is 0 Å². The van der Waals surface area contributed by atoms with E-state index in [-0.39, 0.29) is 43.6 Å². The number of nitrogens with two attached hydrogens (primary N) is 1. The lowest BCUT2D eigenvalue weighted by molar-refractivity contribution is 0.136. The van der Waals surface area contributed by atoms with Crippen LogP contribution in [0.15, 0.2) is 17.1 Å². The zero-order valence-electron chi connectivity index (χ0n) is 17.9. The van der Waals surface area contributed by atoms with Gasteiger partial charge in [0.1, 0.15) is 18.1 Å². The van der Waals surface area contributed by atoms with Gasteiger partial charge in [-0.1, -0.05) is 0 Å². The lowest BCUT2D eigenvalue weighted by Crippen LogP contribution is -2.25. The van der Waals surface area contributed by atoms with Crippen LogP contribution in [-0.4, -0.2) is 46.7 Å². The van der Waals surface area contributed by atoms with E-state index in [4.69, 9.17) is 24.0 Å². The van der Waals surface area contributed by atoms with Crippen molar-refractivity contribution in [3.63, 3.8) is 0 Å². The molecule has 1 heterocycles. The molecule has 1 aromatic heterocycles. The molecule has 0 fully saturated rings. The molecule has 0 radical (unpaired) electrons. The normalized spacial score (nSPS) is 14.7. The third-order valence-corrected chi connectivity index (χ3v) is 9.17. The van der Waals surface area contributed by atoms with Crippen molar-refractivity contribution in [3.05, 3.63) is 22.7 Å². The lowest BCUT2D eigenvalue weighted by atomic mass is 10.5. The van der Waals surface area contributed by atoms with Crippen molar-refractivity contribution in [1.82, 2.24) is 9.55 Å². The molecule has 1 rings (SSSR count). The second-order valence-electron chi connectivity index (χ2n) is 7.40. The summed E-state index contributed by atoms with van der Waals surface area (Å²) in [7, 11) is -7.19. The molecule has 2 N–H and O–H groups in total. The van der Waals surface area contributed by atoms with Gasteiger partial charge in [0.2, 0.25) is 7.37 Å². The molecule has 0 saturated heterocycles. The first-order valence-electron chi connectivity index (χ1n) is 9.47. The summed E-state index contributed by atoms with van der Waals surface area (Å²) in [5, 5.41) is 0. The Labute approximate surface area is 172 Å². The Morgan fingerprint density at radius 3 is 2.07 bits per heavy atom. The van der Waals surface area contributed by atoms with Crippen LogP contribution in [0.5, 0.6) is 0 Å². The van der Waals surface area contributed by atoms with Crippen molar-refractivity contribution in [2.45, 2.75) is 66.4 Å². The van der Waals surface area contributed by atoms with Crippen LogP contribution < -0.4 is 11.4 Å². The number of nitrogens with zero attached hydrogens (tertiary/aromatic N) is 2. The van der Waals surface area contributed by atoms with E-state index in [1.54, 1.807) is 41.5 Å². The zero-order valence-corrected chi connectivity index (χ0v) is 19.7. The summed E-state index contributed by atoms with van der Waals surface area (Å²) in [6, 6.07) is 1.50. The molecule has 0 bridgehead atoms. The highest BCUT2D eigenvalue weighted by Gasteiger charge is 2.39. The standard InChI is InChI=1S/C17H33N3O7P2/c1-13(2)25-28(22,12-29(23,26-14(3)4)27-15(5)6)11-24-10-9-20-8-7-16(18)19-17(20)21/h7-8,13-15H,9-12H2,1-6H3,(H2,18,19,21). The highest BCUT2D eigenvalue weighted by atomic mass is 31.2. The van der Waals surface area contributed by atoms with E-state index in [0.717, 1.165) is 0 Å². The van der Waals surface area contributed by atoms with Crippen molar-refractivity contribution in [2.75, 3.05) is 24.6 Å². The zero-order chi connectivity index (χ0) is 22.2. The van der Waals surface area contributed by atoms with E-state index >= 15 is 0 Å². The molecule has 0 saturated carbocycles. The number of aromatic nitrogens is 2. The molecular formula is C17H33N3O7P2. The number of hydrogen-bond acceptors (Lipinski definition) is 9. The van der Waals surface area contributed by atoms with Gasteiger partial charge in [-0.05, 0) is 47.6 Å². The number of hydrogen-bond donors (Lipinski definition) is 1. The van der Waals surface area contributed by atoms with Crippen LogP contribution in [0.1, 0.15) is 41.5 Å². The minimum Gasteiger partial charge on any atom is -0.383 e. The fraction of sp³-hybridized carbons (Fsp3) is 0.765. The van der Waals surface area contributed by atoms with Crippen LogP contribution in [0.3, 0.4) is 0 Å². The van der Waals surface area contributed by atoms with Gasteiger partial charge in [0, 0.05) is 6.20 Å². The average molecular weight is 453 g/mol. The average Bonchev–Trinajstić information content (AvgIpc) is 2.49. The Kier molecular flexibility index (Phi) is 10.2. The van der Waals surface area contributed by atoms with Gasteiger partial charge in [0.05, 0.1) is 31.5 Å². The number of rotatable bonds is 13. The number of nitrogen functional groups attached to an aromatic ring is 1. The van der Waals surface area contributed by atoms with E-state index in [0.29, 0.717) is 0 Å². The third kappa shape index (κ3) is 10.0. The topological polar surface area (TPSA) is 132 Å². The smallest absolute Gasteiger partial charge is 0.349 e. The molecule has 0 aliphatic carbocycles. The summed E-state index contributed by atoms with van der Waals surface area (Å²) in [6.45, 7) is 10.6. The summed E-state index contributed by atoms with van der Waals surface area (Å²) < 4.78 is 49.9. The molecular weight excluding hydrogens is 420 g/mol. The predicted molar refractivity (Wildman–Crippen MR) is 112 cm³/mol. The first kappa shape index (κ1) is 26.0. The van der Waals surface area contributed by atoms with Crippen LogP contribution in [0.2, 0.25) is 0 Å².